The van der Waals surface area contributed by atoms with E-state index in [-0.39, 0.29) is 24.1 Å². The zero-order valence-corrected chi connectivity index (χ0v) is 18.7. The van der Waals surface area contributed by atoms with Crippen LogP contribution in [0.2, 0.25) is 0 Å². The normalized spacial score (nSPS) is 10.6. The summed E-state index contributed by atoms with van der Waals surface area (Å²) in [6.07, 6.45) is 1.93. The topological polar surface area (TPSA) is 68.3 Å². The maximum atomic E-state index is 13.7. The van der Waals surface area contributed by atoms with Crippen molar-refractivity contribution in [1.82, 2.24) is 4.98 Å². The molecule has 162 valence electrons. The fourth-order valence-electron chi connectivity index (χ4n) is 2.64. The number of halogens is 1. The molecule has 0 aliphatic rings. The number of thiazole rings is 1. The molecule has 0 atom stereocenters. The lowest BCUT2D eigenvalue weighted by atomic mass is 10.2. The number of esters is 1. The van der Waals surface area contributed by atoms with Crippen LogP contribution in [-0.2, 0) is 21.7 Å². The van der Waals surface area contributed by atoms with E-state index in [9.17, 15) is 14.0 Å². The Hall–Kier alpha value is -2.71. The molecule has 0 saturated carbocycles. The number of hydrogen-bond acceptors (Lipinski definition) is 6. The lowest BCUT2D eigenvalue weighted by molar-refractivity contribution is -0.115. The highest BCUT2D eigenvalue weighted by molar-refractivity contribution is 8.00. The molecule has 0 fully saturated rings. The molecule has 0 unspecified atom stereocenters. The number of nitrogens with zero attached hydrogens (tertiary/aromatic N) is 1. The van der Waals surface area contributed by atoms with Gasteiger partial charge in [-0.05, 0) is 42.3 Å². The number of hydrogen-bond donors (Lipinski definition) is 1. The van der Waals surface area contributed by atoms with Gasteiger partial charge < -0.3 is 10.1 Å². The Morgan fingerprint density at radius 2 is 1.94 bits per heavy atom. The van der Waals surface area contributed by atoms with Crippen LogP contribution >= 0.6 is 23.1 Å². The molecule has 0 bridgehead atoms. The number of anilines is 1. The van der Waals surface area contributed by atoms with Crippen LogP contribution in [0.3, 0.4) is 0 Å². The van der Waals surface area contributed by atoms with Crippen LogP contribution in [-0.4, -0.2) is 23.5 Å². The molecule has 0 radical (unpaired) electrons. The van der Waals surface area contributed by atoms with E-state index >= 15 is 0 Å². The van der Waals surface area contributed by atoms with E-state index in [2.05, 4.69) is 10.3 Å². The predicted octanol–water partition coefficient (Wildman–Crippen LogP) is 5.71. The van der Waals surface area contributed by atoms with Gasteiger partial charge in [0.1, 0.15) is 10.2 Å². The second-order valence-corrected chi connectivity index (χ2v) is 8.86. The second kappa shape index (κ2) is 11.6. The summed E-state index contributed by atoms with van der Waals surface area (Å²) in [7, 11) is 0. The van der Waals surface area contributed by atoms with Crippen molar-refractivity contribution >= 4 is 40.7 Å². The first-order valence-corrected chi connectivity index (χ1v) is 11.8. The van der Waals surface area contributed by atoms with Crippen LogP contribution in [0.1, 0.15) is 41.4 Å². The van der Waals surface area contributed by atoms with Gasteiger partial charge in [-0.1, -0.05) is 43.3 Å². The van der Waals surface area contributed by atoms with Crippen LogP contribution in [0.5, 0.6) is 0 Å². The van der Waals surface area contributed by atoms with E-state index in [4.69, 9.17) is 4.74 Å². The largest absolute Gasteiger partial charge is 0.462 e. The lowest BCUT2D eigenvalue weighted by Gasteiger charge is -2.06. The summed E-state index contributed by atoms with van der Waals surface area (Å²) in [5, 5.41) is 4.63. The van der Waals surface area contributed by atoms with E-state index in [0.29, 0.717) is 34.9 Å². The molecule has 2 aromatic carbocycles. The molecular formula is C23H23FN2O3S2. The average molecular weight is 459 g/mol. The standard InChI is InChI=1S/C23H23FN2O3S2/c1-2-3-12-29-22(28)16-8-10-18(11-9-16)25-21(27)13-19-15-31-23(26-19)30-14-17-6-4-5-7-20(17)24/h4-11,15H,2-3,12-14H2,1H3,(H,25,27). The summed E-state index contributed by atoms with van der Waals surface area (Å²) in [5.41, 5.74) is 2.33. The number of carbonyl (C=O) groups is 2. The fourth-order valence-corrected chi connectivity index (χ4v) is 4.47. The van der Waals surface area contributed by atoms with Crippen LogP contribution in [0.4, 0.5) is 10.1 Å². The SMILES string of the molecule is CCCCOC(=O)c1ccc(NC(=O)Cc2csc(SCc3ccccc3F)n2)cc1. The maximum absolute atomic E-state index is 13.7. The Balaban J connectivity index is 1.47. The van der Waals surface area contributed by atoms with Crippen molar-refractivity contribution in [2.24, 2.45) is 0 Å². The molecule has 0 aliphatic carbocycles. The Morgan fingerprint density at radius 3 is 2.68 bits per heavy atom. The van der Waals surface area contributed by atoms with E-state index in [1.807, 2.05) is 12.3 Å². The molecule has 0 spiro atoms. The highest BCUT2D eigenvalue weighted by Gasteiger charge is 2.11. The summed E-state index contributed by atoms with van der Waals surface area (Å²) in [5.74, 6) is -0.311. The smallest absolute Gasteiger partial charge is 0.338 e. The first-order valence-electron chi connectivity index (χ1n) is 9.93. The van der Waals surface area contributed by atoms with Crippen LogP contribution < -0.4 is 5.32 Å². The molecule has 3 rings (SSSR count). The van der Waals surface area contributed by atoms with Crippen molar-refractivity contribution in [3.05, 3.63) is 76.5 Å². The third-order valence-corrected chi connectivity index (χ3v) is 6.44. The third-order valence-electron chi connectivity index (χ3n) is 4.32. The molecule has 1 heterocycles. The number of benzene rings is 2. The zero-order valence-electron chi connectivity index (χ0n) is 17.1. The molecule has 0 saturated heterocycles. The number of aromatic nitrogens is 1. The quantitative estimate of drug-likeness (QED) is 0.239. The Kier molecular flexibility index (Phi) is 8.61. The Bertz CT molecular complexity index is 1020. The number of rotatable bonds is 10. The van der Waals surface area contributed by atoms with Gasteiger partial charge in [0.25, 0.3) is 0 Å². The number of unbranched alkanes of at least 4 members (excludes halogenated alkanes) is 1. The molecular weight excluding hydrogens is 435 g/mol. The number of nitrogens with one attached hydrogen (secondary N) is 1. The van der Waals surface area contributed by atoms with Crippen molar-refractivity contribution in [3.8, 4) is 0 Å². The molecule has 1 N–H and O–H groups in total. The van der Waals surface area contributed by atoms with Gasteiger partial charge in [0.2, 0.25) is 5.91 Å². The highest BCUT2D eigenvalue weighted by atomic mass is 32.2. The lowest BCUT2D eigenvalue weighted by Crippen LogP contribution is -2.14. The third kappa shape index (κ3) is 7.18. The van der Waals surface area contributed by atoms with Gasteiger partial charge in [-0.2, -0.15) is 0 Å². The van der Waals surface area contributed by atoms with Crippen molar-refractivity contribution in [2.45, 2.75) is 36.3 Å². The minimum absolute atomic E-state index is 0.136. The first kappa shape index (κ1) is 23.0. The summed E-state index contributed by atoms with van der Waals surface area (Å²) in [4.78, 5) is 28.7. The van der Waals surface area contributed by atoms with Gasteiger partial charge in [-0.3, -0.25) is 4.79 Å². The number of ether oxygens (including phenoxy) is 1. The van der Waals surface area contributed by atoms with Gasteiger partial charge in [-0.15, -0.1) is 11.3 Å². The van der Waals surface area contributed by atoms with E-state index in [0.717, 1.165) is 17.2 Å². The van der Waals surface area contributed by atoms with Gasteiger partial charge >= 0.3 is 5.97 Å². The fraction of sp³-hybridized carbons (Fsp3) is 0.261. The van der Waals surface area contributed by atoms with Crippen LogP contribution in [0.15, 0.2) is 58.3 Å². The number of amides is 1. The summed E-state index contributed by atoms with van der Waals surface area (Å²) < 4.78 is 19.7. The monoisotopic (exact) mass is 458 g/mol. The average Bonchev–Trinajstić information content (AvgIpc) is 3.21. The van der Waals surface area contributed by atoms with Gasteiger partial charge in [0.15, 0.2) is 0 Å². The molecule has 1 amide bonds. The van der Waals surface area contributed by atoms with Gasteiger partial charge in [0.05, 0.1) is 24.3 Å². The van der Waals surface area contributed by atoms with Crippen molar-refractivity contribution in [3.63, 3.8) is 0 Å². The van der Waals surface area contributed by atoms with E-state index < -0.39 is 0 Å². The predicted molar refractivity (Wildman–Crippen MR) is 122 cm³/mol. The zero-order chi connectivity index (χ0) is 22.1. The molecule has 31 heavy (non-hydrogen) atoms. The highest BCUT2D eigenvalue weighted by Crippen LogP contribution is 2.27. The van der Waals surface area contributed by atoms with Crippen molar-refractivity contribution < 1.29 is 18.7 Å². The molecule has 8 heteroatoms. The summed E-state index contributed by atoms with van der Waals surface area (Å²) in [6.45, 7) is 2.43. The van der Waals surface area contributed by atoms with E-state index in [1.165, 1.54) is 29.2 Å². The van der Waals surface area contributed by atoms with Gasteiger partial charge in [-0.25, -0.2) is 14.2 Å². The van der Waals surface area contributed by atoms with Crippen LogP contribution in [0, 0.1) is 5.82 Å². The van der Waals surface area contributed by atoms with Crippen molar-refractivity contribution in [2.75, 3.05) is 11.9 Å². The molecule has 1 aromatic heterocycles. The summed E-state index contributed by atoms with van der Waals surface area (Å²) >= 11 is 2.88. The van der Waals surface area contributed by atoms with Crippen molar-refractivity contribution in [1.29, 1.82) is 0 Å². The first-order chi connectivity index (χ1) is 15.0. The Labute approximate surface area is 189 Å². The van der Waals surface area contributed by atoms with Crippen LogP contribution in [0.25, 0.3) is 0 Å². The second-order valence-electron chi connectivity index (χ2n) is 6.78. The molecule has 5 nitrogen and oxygen atoms in total. The molecule has 0 aliphatic heterocycles. The minimum atomic E-state index is -0.366. The van der Waals surface area contributed by atoms with E-state index in [1.54, 1.807) is 42.5 Å². The molecule has 3 aromatic rings. The summed E-state index contributed by atoms with van der Waals surface area (Å²) in [6, 6.07) is 13.3. The number of carbonyl (C=O) groups excluding carboxylic acids is 2. The maximum Gasteiger partial charge on any atom is 0.338 e. The van der Waals surface area contributed by atoms with Gasteiger partial charge in [0, 0.05) is 16.8 Å². The minimum Gasteiger partial charge on any atom is -0.462 e. The number of thioether (sulfide) groups is 1. The Morgan fingerprint density at radius 1 is 1.16 bits per heavy atom.